The number of benzene rings is 3. The van der Waals surface area contributed by atoms with Crippen molar-refractivity contribution in [2.75, 3.05) is 86.3 Å². The van der Waals surface area contributed by atoms with Crippen molar-refractivity contribution in [2.45, 2.75) is 77.2 Å². The van der Waals surface area contributed by atoms with Gasteiger partial charge in [0.2, 0.25) is 0 Å². The molecule has 5 heterocycles. The molecule has 0 bridgehead atoms. The van der Waals surface area contributed by atoms with Gasteiger partial charge in [0.05, 0.1) is 108 Å². The van der Waals surface area contributed by atoms with Crippen LogP contribution in [0.2, 0.25) is 0 Å². The summed E-state index contributed by atoms with van der Waals surface area (Å²) in [5, 5.41) is 0.517. The van der Waals surface area contributed by atoms with Gasteiger partial charge in [0, 0.05) is 57.1 Å². The zero-order valence-corrected chi connectivity index (χ0v) is 41.6. The molecule has 3 saturated heterocycles. The smallest absolute Gasteiger partial charge is 0.335 e. The van der Waals surface area contributed by atoms with E-state index in [-0.39, 0.29) is 69.6 Å². The normalized spacial score (nSPS) is 18.0. The number of aryl methyl sites for hydroxylation is 2. The lowest BCUT2D eigenvalue weighted by molar-refractivity contribution is -0.198. The molecule has 19 heteroatoms. The van der Waals surface area contributed by atoms with E-state index in [2.05, 4.69) is 30.3 Å². The molecule has 388 valence electrons. The fourth-order valence-corrected chi connectivity index (χ4v) is 9.01. The van der Waals surface area contributed by atoms with Gasteiger partial charge in [-0.3, -0.25) is 29.2 Å². The Morgan fingerprint density at radius 1 is 0.603 bits per heavy atom. The number of carbonyl (C=O) groups excluding carboxylic acids is 5. The van der Waals surface area contributed by atoms with Crippen molar-refractivity contribution >= 4 is 53.4 Å². The first kappa shape index (κ1) is 52.5. The lowest BCUT2D eigenvalue weighted by Crippen LogP contribution is -2.35. The SMILES string of the molecule is C=C1C[C@H]2C=Nc3cc(OCc4cc(CCCOCCOCCOCCOCCOCCC(=O)ON5C(=O)CCC5=O)cc(COc5cc6c(cc5OC)C(=O)N5CC(=C)C[C@H]5C=N6)c4)c(C)cc3C(=O)N2C1. The van der Waals surface area contributed by atoms with Crippen LogP contribution in [0.1, 0.15) is 81.5 Å². The van der Waals surface area contributed by atoms with E-state index in [1.165, 1.54) is 0 Å². The van der Waals surface area contributed by atoms with Crippen molar-refractivity contribution in [3.05, 3.63) is 100 Å². The highest BCUT2D eigenvalue weighted by Gasteiger charge is 2.36. The van der Waals surface area contributed by atoms with Crippen LogP contribution >= 0.6 is 0 Å². The monoisotopic (exact) mass is 1010 g/mol. The minimum Gasteiger partial charge on any atom is -0.493 e. The number of hydrogen-bond acceptors (Lipinski definition) is 16. The van der Waals surface area contributed by atoms with Crippen LogP contribution in [0.3, 0.4) is 0 Å². The molecule has 0 radical (unpaired) electrons. The van der Waals surface area contributed by atoms with Crippen LogP contribution in [0.4, 0.5) is 11.4 Å². The molecule has 0 aliphatic carbocycles. The lowest BCUT2D eigenvalue weighted by atomic mass is 10.0. The van der Waals surface area contributed by atoms with Gasteiger partial charge >= 0.3 is 5.97 Å². The highest BCUT2D eigenvalue weighted by Crippen LogP contribution is 2.39. The number of hydrogen-bond donors (Lipinski definition) is 0. The molecule has 19 nitrogen and oxygen atoms in total. The maximum absolute atomic E-state index is 13.6. The van der Waals surface area contributed by atoms with E-state index in [4.69, 9.17) is 47.7 Å². The number of methoxy groups -OCH3 is 1. The summed E-state index contributed by atoms with van der Waals surface area (Å²) in [7, 11) is 1.55. The van der Waals surface area contributed by atoms with Crippen LogP contribution in [0.5, 0.6) is 17.2 Å². The average Bonchev–Trinajstić information content (AvgIpc) is 4.01. The standard InChI is InChI=1S/C54H63N5O14/c1-35-20-41-29-55-45-27-47(37(3)22-43(45)53(63)57(41)31-35)71-33-39-23-38(24-40(25-39)34-72-49-28-46-44(26-48(49)65-4)54(64)58-32-36(2)21-42(58)30-56-46)6-5-10-66-12-14-68-16-18-70-19-17-69-15-13-67-11-9-52(62)73-59-50(60)7-8-51(59)61/h22-30,41-42H,1-2,5-21,31-34H2,3-4H3/t41-,42-/m0/s1. The highest BCUT2D eigenvalue weighted by atomic mass is 16.7. The first-order chi connectivity index (χ1) is 35.4. The summed E-state index contributed by atoms with van der Waals surface area (Å²) in [6.45, 7) is 15.1. The number of fused-ring (bicyclic) bond motifs is 4. The minimum absolute atomic E-state index is 0.0435. The summed E-state index contributed by atoms with van der Waals surface area (Å²) in [5.74, 6) is -0.401. The predicted octanol–water partition coefficient (Wildman–Crippen LogP) is 6.15. The van der Waals surface area contributed by atoms with Crippen molar-refractivity contribution in [3.63, 3.8) is 0 Å². The Kier molecular flexibility index (Phi) is 18.2. The molecule has 3 aromatic carbocycles. The summed E-state index contributed by atoms with van der Waals surface area (Å²) >= 11 is 0. The molecule has 0 spiro atoms. The number of carbonyl (C=O) groups is 5. The summed E-state index contributed by atoms with van der Waals surface area (Å²) in [4.78, 5) is 79.8. The van der Waals surface area contributed by atoms with Crippen LogP contribution in [0.15, 0.2) is 76.8 Å². The van der Waals surface area contributed by atoms with E-state index in [1.54, 1.807) is 24.1 Å². The number of imide groups is 1. The number of amides is 4. The molecule has 3 fully saturated rings. The Balaban J connectivity index is 0.783. The number of aliphatic imine (C=N–C) groups is 2. The van der Waals surface area contributed by atoms with Gasteiger partial charge in [-0.05, 0) is 73.1 Å². The molecule has 0 N–H and O–H groups in total. The summed E-state index contributed by atoms with van der Waals surface area (Å²) in [6, 6.07) is 13.2. The third-order valence-electron chi connectivity index (χ3n) is 12.7. The second kappa shape index (κ2) is 25.3. The molecule has 4 amide bonds. The van der Waals surface area contributed by atoms with Gasteiger partial charge in [-0.25, -0.2) is 4.79 Å². The predicted molar refractivity (Wildman–Crippen MR) is 267 cm³/mol. The fourth-order valence-electron chi connectivity index (χ4n) is 9.01. The third kappa shape index (κ3) is 13.8. The van der Waals surface area contributed by atoms with E-state index in [1.807, 2.05) is 42.5 Å². The maximum atomic E-state index is 13.6. The third-order valence-corrected chi connectivity index (χ3v) is 12.7. The molecule has 0 aromatic heterocycles. The molecule has 5 aliphatic rings. The van der Waals surface area contributed by atoms with E-state index < -0.39 is 17.8 Å². The first-order valence-electron chi connectivity index (χ1n) is 24.7. The Morgan fingerprint density at radius 3 is 1.63 bits per heavy atom. The van der Waals surface area contributed by atoms with Gasteiger partial charge in [0.15, 0.2) is 11.5 Å². The number of rotatable bonds is 27. The second-order valence-corrected chi connectivity index (χ2v) is 18.3. The molecule has 73 heavy (non-hydrogen) atoms. The largest absolute Gasteiger partial charge is 0.493 e. The maximum Gasteiger partial charge on any atom is 0.335 e. The fraction of sp³-hybridized carbons (Fsp3) is 0.463. The average molecular weight is 1010 g/mol. The van der Waals surface area contributed by atoms with Crippen LogP contribution in [-0.4, -0.2) is 155 Å². The molecule has 8 rings (SSSR count). The Labute approximate surface area is 424 Å². The Hall–Kier alpha value is -6.77. The van der Waals surface area contributed by atoms with E-state index >= 15 is 0 Å². The van der Waals surface area contributed by atoms with Gasteiger partial charge in [-0.15, -0.1) is 5.06 Å². The molecule has 2 atom stereocenters. The van der Waals surface area contributed by atoms with Crippen molar-refractivity contribution in [1.82, 2.24) is 14.9 Å². The molecule has 0 saturated carbocycles. The zero-order valence-electron chi connectivity index (χ0n) is 41.6. The van der Waals surface area contributed by atoms with Crippen LogP contribution in [0, 0.1) is 6.92 Å². The van der Waals surface area contributed by atoms with E-state index in [9.17, 15) is 24.0 Å². The van der Waals surface area contributed by atoms with Gasteiger partial charge in [0.1, 0.15) is 19.0 Å². The van der Waals surface area contributed by atoms with Crippen molar-refractivity contribution in [1.29, 1.82) is 0 Å². The van der Waals surface area contributed by atoms with Crippen LogP contribution in [-0.2, 0) is 62.5 Å². The molecule has 3 aromatic rings. The van der Waals surface area contributed by atoms with Gasteiger partial charge in [-0.1, -0.05) is 36.4 Å². The number of hydroxylamine groups is 2. The van der Waals surface area contributed by atoms with Crippen LogP contribution in [0.25, 0.3) is 0 Å². The Bertz CT molecular complexity index is 2620. The van der Waals surface area contributed by atoms with Gasteiger partial charge < -0.3 is 52.5 Å². The van der Waals surface area contributed by atoms with Crippen molar-refractivity contribution in [3.8, 4) is 17.2 Å². The Morgan fingerprint density at radius 2 is 1.08 bits per heavy atom. The molecule has 0 unspecified atom stereocenters. The highest BCUT2D eigenvalue weighted by molar-refractivity contribution is 6.05. The topological polar surface area (TPSA) is 203 Å². The number of ether oxygens (including phenoxy) is 8. The zero-order chi connectivity index (χ0) is 51.3. The first-order valence-corrected chi connectivity index (χ1v) is 24.7. The lowest BCUT2D eigenvalue weighted by Gasteiger charge is -2.20. The summed E-state index contributed by atoms with van der Waals surface area (Å²) in [6.07, 6.45) is 6.50. The van der Waals surface area contributed by atoms with Crippen LogP contribution < -0.4 is 14.2 Å². The number of nitrogens with zero attached hydrogens (tertiary/aromatic N) is 5. The summed E-state index contributed by atoms with van der Waals surface area (Å²) in [5.41, 5.74) is 7.86. The second-order valence-electron chi connectivity index (χ2n) is 18.3. The van der Waals surface area contributed by atoms with E-state index in [0.29, 0.717) is 124 Å². The van der Waals surface area contributed by atoms with Gasteiger partial charge in [0.25, 0.3) is 23.6 Å². The molecule has 5 aliphatic heterocycles. The molecular weight excluding hydrogens is 943 g/mol. The molecular formula is C54H63N5O14. The van der Waals surface area contributed by atoms with Gasteiger partial charge in [-0.2, -0.15) is 0 Å². The quantitative estimate of drug-likeness (QED) is 0.0478. The van der Waals surface area contributed by atoms with Crippen molar-refractivity contribution < 1.29 is 66.7 Å². The minimum atomic E-state index is -0.713. The van der Waals surface area contributed by atoms with E-state index in [0.717, 1.165) is 46.2 Å². The summed E-state index contributed by atoms with van der Waals surface area (Å²) < 4.78 is 46.6. The van der Waals surface area contributed by atoms with Crippen molar-refractivity contribution in [2.24, 2.45) is 9.98 Å².